The molecule has 2 aliphatic rings. The van der Waals surface area contributed by atoms with Crippen molar-refractivity contribution >= 4 is 127 Å². The second-order valence-corrected chi connectivity index (χ2v) is 28.2. The average Bonchev–Trinajstić information content (AvgIpc) is 3.20. The average molecular weight is 765 g/mol. The summed E-state index contributed by atoms with van der Waals surface area (Å²) in [6.45, 7) is 15.1. The van der Waals surface area contributed by atoms with E-state index in [4.69, 9.17) is 0 Å². The Morgan fingerprint density at radius 3 is 1.11 bits per heavy atom. The highest BCUT2D eigenvalue weighted by atomic mass is 28.3. The summed E-state index contributed by atoms with van der Waals surface area (Å²) in [5, 5.41) is 13.5. The number of anilines is 6. The van der Waals surface area contributed by atoms with Crippen LogP contribution in [-0.4, -0.2) is 22.9 Å². The third kappa shape index (κ3) is 5.15. The first-order chi connectivity index (χ1) is 27.6. The zero-order chi connectivity index (χ0) is 38.8. The SMILES string of the molecule is C[Si](C)(C)c1c(N2c3cc4ccccc4cc3B3c4cc5ccccc5cc4N(c4ccc5ccccc5c4[Si](C)(C)C)c4cccc2c43)ccc2ccccc12. The number of nitrogens with zero attached hydrogens (tertiary/aromatic N) is 2. The van der Waals surface area contributed by atoms with E-state index in [9.17, 15) is 0 Å². The van der Waals surface area contributed by atoms with Crippen molar-refractivity contribution in [2.24, 2.45) is 0 Å². The molecule has 0 saturated heterocycles. The van der Waals surface area contributed by atoms with Crippen LogP contribution in [0.4, 0.5) is 34.1 Å². The highest BCUT2D eigenvalue weighted by molar-refractivity contribution is 7.01. The number of fused-ring (bicyclic) bond motifs is 8. The minimum atomic E-state index is -1.90. The molecule has 274 valence electrons. The molecule has 9 aromatic carbocycles. The topological polar surface area (TPSA) is 6.48 Å². The number of hydrogen-bond donors (Lipinski definition) is 0. The Kier molecular flexibility index (Phi) is 7.42. The molecule has 0 aromatic heterocycles. The van der Waals surface area contributed by atoms with Gasteiger partial charge in [0.25, 0.3) is 6.71 Å². The van der Waals surface area contributed by atoms with E-state index in [1.54, 1.807) is 0 Å². The van der Waals surface area contributed by atoms with Crippen LogP contribution in [0, 0.1) is 0 Å². The summed E-state index contributed by atoms with van der Waals surface area (Å²) in [7, 11) is -3.81. The van der Waals surface area contributed by atoms with E-state index in [0.717, 1.165) is 0 Å². The molecule has 0 fully saturated rings. The summed E-state index contributed by atoms with van der Waals surface area (Å²) in [5.74, 6) is 0. The zero-order valence-electron chi connectivity index (χ0n) is 33.6. The molecule has 0 bridgehead atoms. The van der Waals surface area contributed by atoms with Crippen LogP contribution in [0.2, 0.25) is 39.3 Å². The van der Waals surface area contributed by atoms with Gasteiger partial charge in [0.2, 0.25) is 0 Å². The smallest absolute Gasteiger partial charge is 0.252 e. The van der Waals surface area contributed by atoms with E-state index < -0.39 is 16.1 Å². The second-order valence-electron chi connectivity index (χ2n) is 18.2. The monoisotopic (exact) mass is 764 g/mol. The molecule has 0 amide bonds. The Bertz CT molecular complexity index is 2930. The van der Waals surface area contributed by atoms with Crippen LogP contribution < -0.4 is 36.6 Å². The van der Waals surface area contributed by atoms with Gasteiger partial charge in [-0.05, 0) is 106 Å². The summed E-state index contributed by atoms with van der Waals surface area (Å²) >= 11 is 0. The van der Waals surface area contributed by atoms with E-state index in [2.05, 4.69) is 213 Å². The van der Waals surface area contributed by atoms with Crippen LogP contribution in [0.1, 0.15) is 0 Å². The first-order valence-electron chi connectivity index (χ1n) is 20.4. The Labute approximate surface area is 338 Å². The Hall–Kier alpha value is -5.88. The first-order valence-corrected chi connectivity index (χ1v) is 27.4. The first kappa shape index (κ1) is 34.4. The molecule has 0 N–H and O–H groups in total. The molecule has 0 aliphatic carbocycles. The van der Waals surface area contributed by atoms with Crippen molar-refractivity contribution < 1.29 is 0 Å². The van der Waals surface area contributed by atoms with E-state index in [1.807, 2.05) is 0 Å². The molecule has 0 radical (unpaired) electrons. The van der Waals surface area contributed by atoms with Gasteiger partial charge in [0.1, 0.15) is 0 Å². The standard InChI is InChI=1S/C52H45BN2Si2/c1-56(2,3)51-40-22-13-11-16-34(40)26-28-46(51)54-44-24-15-25-45-50(44)53(42-30-36-18-7-9-20-38(36)32-48(42)54)43-31-37-19-8-10-21-39(37)33-49(43)55(45)47-29-27-35-17-12-14-23-41(35)52(47)57(4,5)6/h7-33H,1-6H3. The van der Waals surface area contributed by atoms with Gasteiger partial charge in [0.15, 0.2) is 0 Å². The predicted molar refractivity (Wildman–Crippen MR) is 256 cm³/mol. The molecule has 11 rings (SSSR count). The number of hydrogen-bond acceptors (Lipinski definition) is 2. The summed E-state index contributed by atoms with van der Waals surface area (Å²) in [6, 6.07) is 62.5. The fourth-order valence-corrected chi connectivity index (χ4v) is 14.3. The minimum Gasteiger partial charge on any atom is -0.312 e. The molecule has 0 unspecified atom stereocenters. The van der Waals surface area contributed by atoms with Crippen molar-refractivity contribution in [3.63, 3.8) is 0 Å². The van der Waals surface area contributed by atoms with Crippen LogP contribution in [-0.2, 0) is 0 Å². The quantitative estimate of drug-likeness (QED) is 0.165. The predicted octanol–water partition coefficient (Wildman–Crippen LogP) is 11.5. The number of benzene rings is 9. The van der Waals surface area contributed by atoms with E-state index in [0.29, 0.717) is 0 Å². The Morgan fingerprint density at radius 1 is 0.333 bits per heavy atom. The fraction of sp³-hybridized carbons (Fsp3) is 0.115. The van der Waals surface area contributed by atoms with Gasteiger partial charge in [-0.1, -0.05) is 167 Å². The third-order valence-corrected chi connectivity index (χ3v) is 16.6. The highest BCUT2D eigenvalue weighted by Gasteiger charge is 2.45. The molecule has 57 heavy (non-hydrogen) atoms. The molecule has 0 atom stereocenters. The lowest BCUT2D eigenvalue weighted by atomic mass is 9.33. The molecule has 0 saturated carbocycles. The van der Waals surface area contributed by atoms with Gasteiger partial charge in [-0.25, -0.2) is 0 Å². The lowest BCUT2D eigenvalue weighted by Crippen LogP contribution is -2.62. The zero-order valence-corrected chi connectivity index (χ0v) is 35.6. The van der Waals surface area contributed by atoms with Crippen molar-refractivity contribution in [3.05, 3.63) is 164 Å². The lowest BCUT2D eigenvalue weighted by molar-refractivity contribution is 1.27. The van der Waals surface area contributed by atoms with Gasteiger partial charge >= 0.3 is 0 Å². The second kappa shape index (κ2) is 12.3. The molecule has 2 aliphatic heterocycles. The lowest BCUT2D eigenvalue weighted by Gasteiger charge is -2.46. The van der Waals surface area contributed by atoms with E-state index >= 15 is 0 Å². The van der Waals surface area contributed by atoms with Crippen LogP contribution in [0.15, 0.2) is 164 Å². The summed E-state index contributed by atoms with van der Waals surface area (Å²) in [4.78, 5) is 5.31. The van der Waals surface area contributed by atoms with Crippen molar-refractivity contribution in [1.29, 1.82) is 0 Å². The molecular weight excluding hydrogens is 720 g/mol. The maximum Gasteiger partial charge on any atom is 0.252 e. The van der Waals surface area contributed by atoms with Gasteiger partial charge in [0, 0.05) is 34.1 Å². The highest BCUT2D eigenvalue weighted by Crippen LogP contribution is 2.46. The van der Waals surface area contributed by atoms with Crippen LogP contribution in [0.5, 0.6) is 0 Å². The molecule has 2 nitrogen and oxygen atoms in total. The number of rotatable bonds is 4. The summed E-state index contributed by atoms with van der Waals surface area (Å²) in [5.41, 5.74) is 11.8. The normalized spacial score (nSPS) is 13.7. The van der Waals surface area contributed by atoms with E-state index in [-0.39, 0.29) is 6.71 Å². The maximum absolute atomic E-state index is 2.65. The molecular formula is C52H45BN2Si2. The molecule has 2 heterocycles. The minimum absolute atomic E-state index is 0.0505. The van der Waals surface area contributed by atoms with Gasteiger partial charge in [-0.3, -0.25) is 0 Å². The Morgan fingerprint density at radius 2 is 0.702 bits per heavy atom. The van der Waals surface area contributed by atoms with Gasteiger partial charge in [0.05, 0.1) is 16.1 Å². The molecule has 9 aromatic rings. The van der Waals surface area contributed by atoms with Crippen molar-refractivity contribution in [1.82, 2.24) is 0 Å². The van der Waals surface area contributed by atoms with Crippen molar-refractivity contribution in [2.45, 2.75) is 39.3 Å². The molecule has 0 spiro atoms. The third-order valence-electron chi connectivity index (χ3n) is 12.5. The summed E-state index contributed by atoms with van der Waals surface area (Å²) in [6.07, 6.45) is 0. The van der Waals surface area contributed by atoms with Gasteiger partial charge in [-0.2, -0.15) is 0 Å². The van der Waals surface area contributed by atoms with Crippen LogP contribution in [0.3, 0.4) is 0 Å². The maximum atomic E-state index is 2.65. The van der Waals surface area contributed by atoms with Gasteiger partial charge < -0.3 is 9.80 Å². The van der Waals surface area contributed by atoms with Crippen molar-refractivity contribution in [3.8, 4) is 0 Å². The van der Waals surface area contributed by atoms with E-state index in [1.165, 1.54) is 104 Å². The fourth-order valence-electron chi connectivity index (χ4n) is 10.3. The van der Waals surface area contributed by atoms with Crippen molar-refractivity contribution in [2.75, 3.05) is 9.80 Å². The largest absolute Gasteiger partial charge is 0.312 e. The van der Waals surface area contributed by atoms with Crippen LogP contribution >= 0.6 is 0 Å². The summed E-state index contributed by atoms with van der Waals surface area (Å²) < 4.78 is 0. The van der Waals surface area contributed by atoms with Crippen LogP contribution in [0.25, 0.3) is 43.1 Å². The van der Waals surface area contributed by atoms with Gasteiger partial charge in [-0.15, -0.1) is 0 Å². The molecule has 5 heteroatoms. The Balaban J connectivity index is 1.30.